The fourth-order valence-electron chi connectivity index (χ4n) is 5.22. The number of aryl methyl sites for hydroxylation is 2. The minimum absolute atomic E-state index is 0.0765. The number of carbonyl (C=O) groups is 3. The Morgan fingerprint density at radius 2 is 1.94 bits per heavy atom. The lowest BCUT2D eigenvalue weighted by Gasteiger charge is -2.31. The average molecular weight is 432 g/mol. The van der Waals surface area contributed by atoms with Gasteiger partial charge in [0.25, 0.3) is 5.91 Å². The van der Waals surface area contributed by atoms with Crippen LogP contribution >= 0.6 is 0 Å². The third-order valence-electron chi connectivity index (χ3n) is 7.27. The predicted octanol–water partition coefficient (Wildman–Crippen LogP) is 3.52. The van der Waals surface area contributed by atoms with Crippen molar-refractivity contribution in [3.63, 3.8) is 0 Å². The number of nitrogens with zero attached hydrogens (tertiary/aromatic N) is 2. The van der Waals surface area contributed by atoms with Gasteiger partial charge in [-0.15, -0.1) is 0 Å². The van der Waals surface area contributed by atoms with Crippen LogP contribution in [0.2, 0.25) is 0 Å². The summed E-state index contributed by atoms with van der Waals surface area (Å²) in [6, 6.07) is 15.5. The zero-order valence-corrected chi connectivity index (χ0v) is 18.6. The van der Waals surface area contributed by atoms with Crippen LogP contribution in [0.4, 0.5) is 4.79 Å². The first-order valence-corrected chi connectivity index (χ1v) is 11.5. The van der Waals surface area contributed by atoms with Crippen LogP contribution in [0, 0.1) is 12.8 Å². The maximum atomic E-state index is 13.5. The second-order valence-electron chi connectivity index (χ2n) is 9.47. The van der Waals surface area contributed by atoms with Gasteiger partial charge in [0.2, 0.25) is 5.91 Å². The summed E-state index contributed by atoms with van der Waals surface area (Å²) in [5.74, 6) is -0.00446. The number of hydrogen-bond acceptors (Lipinski definition) is 3. The molecule has 1 N–H and O–H groups in total. The lowest BCUT2D eigenvalue weighted by atomic mass is 9.91. The van der Waals surface area contributed by atoms with Gasteiger partial charge in [0.05, 0.1) is 0 Å². The molecular formula is C26H29N3O3. The molecule has 2 aliphatic carbocycles. The highest BCUT2D eigenvalue weighted by Gasteiger charge is 2.55. The molecule has 1 saturated carbocycles. The Morgan fingerprint density at radius 3 is 2.66 bits per heavy atom. The lowest BCUT2D eigenvalue weighted by molar-refractivity contribution is -0.141. The monoisotopic (exact) mass is 431 g/mol. The summed E-state index contributed by atoms with van der Waals surface area (Å²) in [5.41, 5.74) is 3.10. The van der Waals surface area contributed by atoms with E-state index in [0.717, 1.165) is 46.4 Å². The van der Waals surface area contributed by atoms with E-state index in [9.17, 15) is 14.4 Å². The molecule has 6 nitrogen and oxygen atoms in total. The van der Waals surface area contributed by atoms with E-state index in [1.165, 1.54) is 0 Å². The van der Waals surface area contributed by atoms with Gasteiger partial charge in [-0.05, 0) is 62.1 Å². The Bertz CT molecular complexity index is 1080. The summed E-state index contributed by atoms with van der Waals surface area (Å²) in [6.07, 6.45) is 3.50. The first-order valence-electron chi connectivity index (χ1n) is 11.5. The number of carbonyl (C=O) groups excluding carboxylic acids is 3. The van der Waals surface area contributed by atoms with Crippen LogP contribution in [0.3, 0.4) is 0 Å². The molecule has 1 saturated heterocycles. The fraction of sp³-hybridized carbons (Fsp3) is 0.423. The topological polar surface area (TPSA) is 69.7 Å². The number of rotatable bonds is 6. The van der Waals surface area contributed by atoms with E-state index in [1.54, 1.807) is 0 Å². The van der Waals surface area contributed by atoms with Crippen LogP contribution in [0.1, 0.15) is 48.4 Å². The van der Waals surface area contributed by atoms with E-state index >= 15 is 0 Å². The third kappa shape index (κ3) is 3.48. The molecule has 1 heterocycles. The average Bonchev–Trinajstić information content (AvgIpc) is 3.54. The van der Waals surface area contributed by atoms with Crippen molar-refractivity contribution in [2.75, 3.05) is 6.54 Å². The molecule has 6 heteroatoms. The number of imide groups is 1. The summed E-state index contributed by atoms with van der Waals surface area (Å²) in [4.78, 5) is 42.7. The van der Waals surface area contributed by atoms with Crippen molar-refractivity contribution in [3.05, 3.63) is 70.8 Å². The molecule has 1 spiro atoms. The highest BCUT2D eigenvalue weighted by Crippen LogP contribution is 2.42. The molecule has 2 aromatic carbocycles. The van der Waals surface area contributed by atoms with Gasteiger partial charge < -0.3 is 10.2 Å². The van der Waals surface area contributed by atoms with Crippen molar-refractivity contribution in [3.8, 4) is 0 Å². The first kappa shape index (κ1) is 20.7. The van der Waals surface area contributed by atoms with Gasteiger partial charge in [0.1, 0.15) is 12.1 Å². The summed E-state index contributed by atoms with van der Waals surface area (Å²) < 4.78 is 0. The zero-order chi connectivity index (χ0) is 22.5. The molecule has 2 aromatic rings. The van der Waals surface area contributed by atoms with Crippen molar-refractivity contribution in [1.29, 1.82) is 0 Å². The van der Waals surface area contributed by atoms with Crippen molar-refractivity contribution in [2.45, 2.75) is 57.7 Å². The van der Waals surface area contributed by atoms with E-state index in [2.05, 4.69) is 18.3 Å². The molecule has 5 rings (SSSR count). The standard InChI is InChI=1S/C26H29N3O3/c1-17-8-11-22-21(14-17)12-13-26(22)24(31)29(25(32)27-26)16-23(30)28(18(2)20-9-10-20)15-19-6-4-3-5-7-19/h3-8,11,14,18,20H,9-10,12-13,15-16H2,1-2H3,(H,27,32). The molecule has 0 bridgehead atoms. The van der Waals surface area contributed by atoms with Gasteiger partial charge in [-0.1, -0.05) is 54.1 Å². The van der Waals surface area contributed by atoms with Crippen LogP contribution in [-0.2, 0) is 28.1 Å². The Labute approximate surface area is 188 Å². The molecule has 2 unspecified atom stereocenters. The molecule has 166 valence electrons. The Morgan fingerprint density at radius 1 is 1.19 bits per heavy atom. The van der Waals surface area contributed by atoms with Gasteiger partial charge in [-0.3, -0.25) is 14.5 Å². The Hall–Kier alpha value is -3.15. The first-order chi connectivity index (χ1) is 15.4. The summed E-state index contributed by atoms with van der Waals surface area (Å²) in [5, 5.41) is 2.93. The van der Waals surface area contributed by atoms with Gasteiger partial charge in [-0.25, -0.2) is 4.79 Å². The number of amides is 4. The van der Waals surface area contributed by atoms with Gasteiger partial charge in [0, 0.05) is 12.6 Å². The van der Waals surface area contributed by atoms with E-state index < -0.39 is 11.6 Å². The molecule has 32 heavy (non-hydrogen) atoms. The second kappa shape index (κ2) is 7.76. The molecule has 1 aliphatic heterocycles. The third-order valence-corrected chi connectivity index (χ3v) is 7.27. The number of hydrogen-bond donors (Lipinski definition) is 1. The molecule has 2 atom stereocenters. The Kier molecular flexibility index (Phi) is 5.03. The van der Waals surface area contributed by atoms with E-state index in [1.807, 2.05) is 54.3 Å². The van der Waals surface area contributed by atoms with Crippen molar-refractivity contribution >= 4 is 17.8 Å². The fourth-order valence-corrected chi connectivity index (χ4v) is 5.22. The summed E-state index contributed by atoms with van der Waals surface area (Å²) in [6.45, 7) is 4.35. The quantitative estimate of drug-likeness (QED) is 0.712. The van der Waals surface area contributed by atoms with Crippen LogP contribution in [0.5, 0.6) is 0 Å². The molecule has 2 fully saturated rings. The number of urea groups is 1. The van der Waals surface area contributed by atoms with Crippen LogP contribution in [-0.4, -0.2) is 40.2 Å². The van der Waals surface area contributed by atoms with Gasteiger partial charge in [-0.2, -0.15) is 0 Å². The molecule has 0 aromatic heterocycles. The number of fused-ring (bicyclic) bond motifs is 2. The van der Waals surface area contributed by atoms with Gasteiger partial charge in [0.15, 0.2) is 0 Å². The molecule has 4 amide bonds. The van der Waals surface area contributed by atoms with Crippen LogP contribution in [0.25, 0.3) is 0 Å². The summed E-state index contributed by atoms with van der Waals surface area (Å²) in [7, 11) is 0. The lowest BCUT2D eigenvalue weighted by Crippen LogP contribution is -2.47. The second-order valence-corrected chi connectivity index (χ2v) is 9.47. The Balaban J connectivity index is 1.37. The highest BCUT2D eigenvalue weighted by molar-refractivity contribution is 6.10. The minimum Gasteiger partial charge on any atom is -0.334 e. The van der Waals surface area contributed by atoms with E-state index in [0.29, 0.717) is 18.9 Å². The zero-order valence-electron chi connectivity index (χ0n) is 18.6. The molecular weight excluding hydrogens is 402 g/mol. The normalized spacial score (nSPS) is 22.8. The van der Waals surface area contributed by atoms with Crippen molar-refractivity contribution < 1.29 is 14.4 Å². The van der Waals surface area contributed by atoms with Crippen LogP contribution in [0.15, 0.2) is 48.5 Å². The van der Waals surface area contributed by atoms with Crippen molar-refractivity contribution in [2.24, 2.45) is 5.92 Å². The minimum atomic E-state index is -1.03. The number of nitrogens with one attached hydrogen (secondary N) is 1. The largest absolute Gasteiger partial charge is 0.334 e. The SMILES string of the molecule is Cc1ccc2c(c1)CCC21NC(=O)N(CC(=O)N(Cc2ccccc2)C(C)C2CC2)C1=O. The highest BCUT2D eigenvalue weighted by atomic mass is 16.2. The maximum absolute atomic E-state index is 13.5. The maximum Gasteiger partial charge on any atom is 0.325 e. The van der Waals surface area contributed by atoms with E-state index in [4.69, 9.17) is 0 Å². The van der Waals surface area contributed by atoms with E-state index in [-0.39, 0.29) is 24.4 Å². The molecule has 0 radical (unpaired) electrons. The van der Waals surface area contributed by atoms with Crippen molar-refractivity contribution in [1.82, 2.24) is 15.1 Å². The predicted molar refractivity (Wildman–Crippen MR) is 121 cm³/mol. The summed E-state index contributed by atoms with van der Waals surface area (Å²) >= 11 is 0. The molecule has 3 aliphatic rings. The van der Waals surface area contributed by atoms with Gasteiger partial charge >= 0.3 is 6.03 Å². The number of benzene rings is 2. The van der Waals surface area contributed by atoms with Crippen LogP contribution < -0.4 is 5.32 Å². The smallest absolute Gasteiger partial charge is 0.325 e.